The molecule has 0 saturated heterocycles. The number of halogens is 3. The highest BCUT2D eigenvalue weighted by Gasteiger charge is 2.32. The van der Waals surface area contributed by atoms with Crippen molar-refractivity contribution in [3.8, 4) is 0 Å². The Balaban J connectivity index is 2.78. The van der Waals surface area contributed by atoms with Crippen molar-refractivity contribution in [3.05, 3.63) is 29.8 Å². The second kappa shape index (κ2) is 4.40. The van der Waals surface area contributed by atoms with Gasteiger partial charge in [0.15, 0.2) is 0 Å². The maximum absolute atomic E-state index is 11.8. The third-order valence-electron chi connectivity index (χ3n) is 1.69. The van der Waals surface area contributed by atoms with Crippen LogP contribution in [0.25, 0.3) is 0 Å². The first-order chi connectivity index (χ1) is 7.29. The van der Waals surface area contributed by atoms with Gasteiger partial charge < -0.3 is 0 Å². The molecule has 2 N–H and O–H groups in total. The standard InChI is InChI=1S/C9H9F3N2O2/c1-6-3-2-4-7(5-6)14(16)8(15)13-9(10,11)12/h2-5,16H,1H3,(H,13,15). The van der Waals surface area contributed by atoms with Crippen LogP contribution in [0.3, 0.4) is 0 Å². The van der Waals surface area contributed by atoms with Crippen LogP contribution >= 0.6 is 0 Å². The van der Waals surface area contributed by atoms with Crippen molar-refractivity contribution in [1.29, 1.82) is 0 Å². The van der Waals surface area contributed by atoms with Gasteiger partial charge in [0.05, 0.1) is 5.69 Å². The zero-order chi connectivity index (χ0) is 12.3. The van der Waals surface area contributed by atoms with Crippen molar-refractivity contribution in [1.82, 2.24) is 5.32 Å². The van der Waals surface area contributed by atoms with E-state index in [1.165, 1.54) is 18.2 Å². The third-order valence-corrected chi connectivity index (χ3v) is 1.69. The number of carbonyl (C=O) groups is 1. The topological polar surface area (TPSA) is 52.6 Å². The van der Waals surface area contributed by atoms with Crippen LogP contribution in [0.4, 0.5) is 23.7 Å². The molecular weight excluding hydrogens is 225 g/mol. The van der Waals surface area contributed by atoms with Gasteiger partial charge in [-0.05, 0) is 24.6 Å². The lowest BCUT2D eigenvalue weighted by atomic mass is 10.2. The van der Waals surface area contributed by atoms with Gasteiger partial charge >= 0.3 is 12.3 Å². The summed E-state index contributed by atoms with van der Waals surface area (Å²) in [4.78, 5) is 10.9. The Morgan fingerprint density at radius 3 is 2.56 bits per heavy atom. The zero-order valence-corrected chi connectivity index (χ0v) is 8.25. The Morgan fingerprint density at radius 1 is 1.44 bits per heavy atom. The smallest absolute Gasteiger partial charge is 0.280 e. The third kappa shape index (κ3) is 3.43. The van der Waals surface area contributed by atoms with Crippen LogP contribution in [0.2, 0.25) is 0 Å². The predicted octanol–water partition coefficient (Wildman–Crippen LogP) is 2.42. The number of nitrogens with zero attached hydrogens (tertiary/aromatic N) is 1. The molecule has 0 radical (unpaired) electrons. The van der Waals surface area contributed by atoms with Gasteiger partial charge in [0.2, 0.25) is 0 Å². The first kappa shape index (κ1) is 12.3. The number of rotatable bonds is 1. The highest BCUT2D eigenvalue weighted by molar-refractivity contribution is 5.89. The largest absolute Gasteiger partial charge is 0.486 e. The van der Waals surface area contributed by atoms with Crippen LogP contribution < -0.4 is 10.4 Å². The molecule has 0 aliphatic rings. The number of hydrogen-bond donors (Lipinski definition) is 2. The molecule has 0 heterocycles. The molecule has 0 aliphatic carbocycles. The van der Waals surface area contributed by atoms with Crippen molar-refractivity contribution >= 4 is 11.7 Å². The van der Waals surface area contributed by atoms with E-state index in [4.69, 9.17) is 0 Å². The molecule has 0 atom stereocenters. The number of nitrogens with one attached hydrogen (secondary N) is 1. The summed E-state index contributed by atoms with van der Waals surface area (Å²) in [7, 11) is 0. The first-order valence-corrected chi connectivity index (χ1v) is 4.24. The predicted molar refractivity (Wildman–Crippen MR) is 50.0 cm³/mol. The summed E-state index contributed by atoms with van der Waals surface area (Å²) < 4.78 is 35.4. The van der Waals surface area contributed by atoms with E-state index < -0.39 is 12.3 Å². The molecular formula is C9H9F3N2O2. The van der Waals surface area contributed by atoms with Crippen molar-refractivity contribution in [3.63, 3.8) is 0 Å². The summed E-state index contributed by atoms with van der Waals surface area (Å²) in [5, 5.41) is 9.78. The molecule has 0 spiro atoms. The van der Waals surface area contributed by atoms with E-state index in [2.05, 4.69) is 0 Å². The van der Waals surface area contributed by atoms with Gasteiger partial charge in [0.25, 0.3) is 0 Å². The summed E-state index contributed by atoms with van der Waals surface area (Å²) in [6.45, 7) is 1.68. The summed E-state index contributed by atoms with van der Waals surface area (Å²) in [6.07, 6.45) is -4.87. The van der Waals surface area contributed by atoms with Crippen molar-refractivity contribution in [2.24, 2.45) is 0 Å². The first-order valence-electron chi connectivity index (χ1n) is 4.24. The SMILES string of the molecule is Cc1cccc(N(O)C(=O)NC(F)(F)F)c1. The molecule has 7 heteroatoms. The second-order valence-corrected chi connectivity index (χ2v) is 3.08. The molecule has 0 aliphatic heterocycles. The molecule has 1 rings (SSSR count). The van der Waals surface area contributed by atoms with Crippen LogP contribution in [-0.4, -0.2) is 17.5 Å². The van der Waals surface area contributed by atoms with Crippen LogP contribution in [0.1, 0.15) is 5.56 Å². The molecule has 4 nitrogen and oxygen atoms in total. The van der Waals surface area contributed by atoms with Gasteiger partial charge in [-0.3, -0.25) is 5.21 Å². The van der Waals surface area contributed by atoms with Crippen LogP contribution in [0.5, 0.6) is 0 Å². The Morgan fingerprint density at radius 2 is 2.06 bits per heavy atom. The molecule has 0 unspecified atom stereocenters. The van der Waals surface area contributed by atoms with E-state index in [-0.39, 0.29) is 10.8 Å². The van der Waals surface area contributed by atoms with Gasteiger partial charge in [-0.2, -0.15) is 18.2 Å². The average Bonchev–Trinajstić information content (AvgIpc) is 2.14. The van der Waals surface area contributed by atoms with E-state index in [1.54, 1.807) is 13.0 Å². The van der Waals surface area contributed by atoms with Crippen molar-refractivity contribution < 1.29 is 23.2 Å². The maximum Gasteiger partial charge on any atom is 0.486 e. The summed E-state index contributed by atoms with van der Waals surface area (Å²) in [6, 6.07) is 4.21. The number of alkyl halides is 3. The average molecular weight is 234 g/mol. The van der Waals surface area contributed by atoms with Gasteiger partial charge in [-0.25, -0.2) is 10.1 Å². The van der Waals surface area contributed by atoms with E-state index in [9.17, 15) is 23.2 Å². The summed E-state index contributed by atoms with van der Waals surface area (Å²) >= 11 is 0. The minimum absolute atomic E-state index is 0.0400. The summed E-state index contributed by atoms with van der Waals surface area (Å²) in [5.41, 5.74) is 0.665. The molecule has 0 aromatic heterocycles. The Bertz CT molecular complexity index is 393. The number of amides is 2. The maximum atomic E-state index is 11.8. The number of benzene rings is 1. The number of hydroxylamine groups is 1. The molecule has 0 fully saturated rings. The molecule has 2 amide bonds. The number of urea groups is 1. The van der Waals surface area contributed by atoms with Gasteiger partial charge in [0, 0.05) is 0 Å². The van der Waals surface area contributed by atoms with Crippen LogP contribution in [0, 0.1) is 6.92 Å². The van der Waals surface area contributed by atoms with Crippen molar-refractivity contribution in [2.75, 3.05) is 5.06 Å². The molecule has 1 aromatic rings. The lowest BCUT2D eigenvalue weighted by Gasteiger charge is -2.17. The van der Waals surface area contributed by atoms with E-state index in [1.807, 2.05) is 0 Å². The number of aryl methyl sites for hydroxylation is 1. The lowest BCUT2D eigenvalue weighted by Crippen LogP contribution is -2.45. The quantitative estimate of drug-likeness (QED) is 0.445. The van der Waals surface area contributed by atoms with E-state index in [0.717, 1.165) is 0 Å². The van der Waals surface area contributed by atoms with E-state index >= 15 is 0 Å². The lowest BCUT2D eigenvalue weighted by molar-refractivity contribution is -0.146. The molecule has 88 valence electrons. The monoisotopic (exact) mass is 234 g/mol. The molecule has 1 aromatic carbocycles. The highest BCUT2D eigenvalue weighted by atomic mass is 19.4. The van der Waals surface area contributed by atoms with Gasteiger partial charge in [-0.1, -0.05) is 12.1 Å². The zero-order valence-electron chi connectivity index (χ0n) is 8.25. The highest BCUT2D eigenvalue weighted by Crippen LogP contribution is 2.16. The number of hydrogen-bond acceptors (Lipinski definition) is 2. The summed E-state index contributed by atoms with van der Waals surface area (Å²) in [5.74, 6) is 0. The van der Waals surface area contributed by atoms with Crippen molar-refractivity contribution in [2.45, 2.75) is 13.2 Å². The molecule has 0 bridgehead atoms. The Hall–Kier alpha value is -1.76. The number of anilines is 1. The minimum Gasteiger partial charge on any atom is -0.280 e. The van der Waals surface area contributed by atoms with Gasteiger partial charge in [0.1, 0.15) is 0 Å². The van der Waals surface area contributed by atoms with Gasteiger partial charge in [-0.15, -0.1) is 0 Å². The van der Waals surface area contributed by atoms with E-state index in [0.29, 0.717) is 10.9 Å². The molecule has 0 saturated carbocycles. The Kier molecular flexibility index (Phi) is 3.38. The number of carbonyl (C=O) groups excluding carboxylic acids is 1. The molecule has 16 heavy (non-hydrogen) atoms. The minimum atomic E-state index is -4.87. The normalized spacial score (nSPS) is 11.1. The fourth-order valence-corrected chi connectivity index (χ4v) is 1.05. The second-order valence-electron chi connectivity index (χ2n) is 3.08. The van der Waals surface area contributed by atoms with Crippen LogP contribution in [-0.2, 0) is 0 Å². The Labute approximate surface area is 89.2 Å². The fraction of sp³-hybridized carbons (Fsp3) is 0.222. The fourth-order valence-electron chi connectivity index (χ4n) is 1.05. The van der Waals surface area contributed by atoms with Crippen LogP contribution in [0.15, 0.2) is 24.3 Å².